The number of ketones is 1. The van der Waals surface area contributed by atoms with Crippen LogP contribution in [0.4, 0.5) is 0 Å². The van der Waals surface area contributed by atoms with Gasteiger partial charge in [-0.15, -0.1) is 11.3 Å². The van der Waals surface area contributed by atoms with Gasteiger partial charge in [-0.1, -0.05) is 11.6 Å². The van der Waals surface area contributed by atoms with E-state index < -0.39 is 0 Å². The third kappa shape index (κ3) is 2.31. The quantitative estimate of drug-likeness (QED) is 0.850. The van der Waals surface area contributed by atoms with E-state index in [9.17, 15) is 4.79 Å². The van der Waals surface area contributed by atoms with Crippen LogP contribution in [0.1, 0.15) is 27.9 Å². The lowest BCUT2D eigenvalue weighted by Crippen LogP contribution is -2.20. The molecule has 0 saturated heterocycles. The van der Waals surface area contributed by atoms with Gasteiger partial charge in [-0.25, -0.2) is 4.98 Å². The number of benzene rings is 1. The molecule has 2 aromatic rings. The van der Waals surface area contributed by atoms with Crippen molar-refractivity contribution in [3.63, 3.8) is 0 Å². The lowest BCUT2D eigenvalue weighted by Gasteiger charge is -2.23. The molecule has 0 spiro atoms. The summed E-state index contributed by atoms with van der Waals surface area (Å²) in [6.45, 7) is 0. The molecule has 4 nitrogen and oxygen atoms in total. The highest BCUT2D eigenvalue weighted by molar-refractivity contribution is 7.15. The van der Waals surface area contributed by atoms with Crippen LogP contribution in [-0.4, -0.2) is 17.9 Å². The SMILES string of the molecule is COc1ccc2c(c1)C(=O)CC(c1ncc(Cl)s1)O2. The van der Waals surface area contributed by atoms with Crippen molar-refractivity contribution < 1.29 is 14.3 Å². The van der Waals surface area contributed by atoms with Gasteiger partial charge in [-0.3, -0.25) is 4.79 Å². The summed E-state index contributed by atoms with van der Waals surface area (Å²) >= 11 is 7.19. The maximum absolute atomic E-state index is 12.2. The first-order valence-electron chi connectivity index (χ1n) is 5.66. The molecule has 6 heteroatoms. The summed E-state index contributed by atoms with van der Waals surface area (Å²) in [5.41, 5.74) is 0.554. The Kier molecular flexibility index (Phi) is 3.16. The molecule has 1 aliphatic heterocycles. The Morgan fingerprint density at radius 2 is 2.37 bits per heavy atom. The Hall–Kier alpha value is -1.59. The summed E-state index contributed by atoms with van der Waals surface area (Å²) in [6, 6.07) is 5.21. The third-order valence-corrected chi connectivity index (χ3v) is 4.10. The predicted octanol–water partition coefficient (Wildman–Crippen LogP) is 3.51. The highest BCUT2D eigenvalue weighted by Crippen LogP contribution is 2.38. The molecule has 0 saturated carbocycles. The maximum Gasteiger partial charge on any atom is 0.170 e. The Bertz CT molecular complexity index is 641. The molecule has 0 radical (unpaired) electrons. The zero-order chi connectivity index (χ0) is 13.4. The molecule has 2 heterocycles. The fourth-order valence-electron chi connectivity index (χ4n) is 1.98. The fourth-order valence-corrected chi connectivity index (χ4v) is 2.94. The molecule has 1 unspecified atom stereocenters. The summed E-state index contributed by atoms with van der Waals surface area (Å²) < 4.78 is 11.5. The van der Waals surface area contributed by atoms with Crippen molar-refractivity contribution in [1.29, 1.82) is 0 Å². The summed E-state index contributed by atoms with van der Waals surface area (Å²) in [5.74, 6) is 1.23. The van der Waals surface area contributed by atoms with Crippen LogP contribution < -0.4 is 9.47 Å². The number of carbonyl (C=O) groups excluding carboxylic acids is 1. The summed E-state index contributed by atoms with van der Waals surface area (Å²) in [4.78, 5) is 16.3. The fraction of sp³-hybridized carbons (Fsp3) is 0.231. The molecule has 0 fully saturated rings. The molecule has 1 aromatic heterocycles. The topological polar surface area (TPSA) is 48.4 Å². The number of hydrogen-bond acceptors (Lipinski definition) is 5. The van der Waals surface area contributed by atoms with Gasteiger partial charge in [0.1, 0.15) is 20.8 Å². The number of ether oxygens (including phenoxy) is 2. The number of carbonyl (C=O) groups is 1. The van der Waals surface area contributed by atoms with Crippen molar-refractivity contribution in [2.24, 2.45) is 0 Å². The van der Waals surface area contributed by atoms with Crippen molar-refractivity contribution in [1.82, 2.24) is 4.98 Å². The molecule has 3 rings (SSSR count). The van der Waals surface area contributed by atoms with Gasteiger partial charge in [0.2, 0.25) is 0 Å². The average Bonchev–Trinajstić information content (AvgIpc) is 2.85. The van der Waals surface area contributed by atoms with Gasteiger partial charge < -0.3 is 9.47 Å². The molecular weight excluding hydrogens is 286 g/mol. The highest BCUT2D eigenvalue weighted by atomic mass is 35.5. The zero-order valence-electron chi connectivity index (χ0n) is 10.1. The van der Waals surface area contributed by atoms with E-state index in [2.05, 4.69) is 4.98 Å². The van der Waals surface area contributed by atoms with Gasteiger partial charge in [0.15, 0.2) is 11.9 Å². The van der Waals surface area contributed by atoms with Crippen LogP contribution in [0.3, 0.4) is 0 Å². The third-order valence-electron chi connectivity index (χ3n) is 2.90. The van der Waals surface area contributed by atoms with Crippen LogP contribution in [0, 0.1) is 0 Å². The number of aromatic nitrogens is 1. The van der Waals surface area contributed by atoms with E-state index in [0.717, 1.165) is 5.01 Å². The standard InChI is InChI=1S/C13H10ClNO3S/c1-17-7-2-3-10-8(4-7)9(16)5-11(18-10)13-15-6-12(14)19-13/h2-4,6,11H,5H2,1H3. The first-order valence-corrected chi connectivity index (χ1v) is 6.86. The van der Waals surface area contributed by atoms with E-state index in [1.165, 1.54) is 11.3 Å². The summed E-state index contributed by atoms with van der Waals surface area (Å²) in [5, 5.41) is 0.722. The van der Waals surface area contributed by atoms with Gasteiger partial charge in [-0.2, -0.15) is 0 Å². The number of thiazole rings is 1. The Morgan fingerprint density at radius 1 is 1.53 bits per heavy atom. The van der Waals surface area contributed by atoms with E-state index in [1.807, 2.05) is 0 Å². The minimum Gasteiger partial charge on any atom is -0.497 e. The molecule has 19 heavy (non-hydrogen) atoms. The zero-order valence-corrected chi connectivity index (χ0v) is 11.6. The lowest BCUT2D eigenvalue weighted by molar-refractivity contribution is 0.0849. The molecule has 1 aliphatic rings. The van der Waals surface area contributed by atoms with E-state index in [0.29, 0.717) is 21.4 Å². The Labute approximate surface area is 118 Å². The minimum atomic E-state index is -0.356. The van der Waals surface area contributed by atoms with E-state index in [1.54, 1.807) is 31.5 Å². The number of Topliss-reactive ketones (excluding diaryl/α,β-unsaturated/α-hetero) is 1. The van der Waals surface area contributed by atoms with Crippen LogP contribution in [0.2, 0.25) is 4.34 Å². The molecular formula is C13H10ClNO3S. The number of halogens is 1. The first kappa shape index (κ1) is 12.4. The van der Waals surface area contributed by atoms with E-state index >= 15 is 0 Å². The van der Waals surface area contributed by atoms with Crippen LogP contribution >= 0.6 is 22.9 Å². The van der Waals surface area contributed by atoms with Gasteiger partial charge >= 0.3 is 0 Å². The first-order chi connectivity index (χ1) is 9.17. The smallest absolute Gasteiger partial charge is 0.170 e. The monoisotopic (exact) mass is 295 g/mol. The van der Waals surface area contributed by atoms with Gasteiger partial charge in [0.25, 0.3) is 0 Å². The van der Waals surface area contributed by atoms with Crippen LogP contribution in [0.5, 0.6) is 11.5 Å². The predicted molar refractivity (Wildman–Crippen MR) is 72.4 cm³/mol. The normalized spacial score (nSPS) is 17.8. The van der Waals surface area contributed by atoms with Crippen LogP contribution in [0.25, 0.3) is 0 Å². The second-order valence-electron chi connectivity index (χ2n) is 4.10. The van der Waals surface area contributed by atoms with Gasteiger partial charge in [-0.05, 0) is 18.2 Å². The molecule has 0 aliphatic carbocycles. The second kappa shape index (κ2) is 4.83. The summed E-state index contributed by atoms with van der Waals surface area (Å²) in [7, 11) is 1.57. The summed E-state index contributed by atoms with van der Waals surface area (Å²) in [6.07, 6.45) is 1.48. The molecule has 98 valence electrons. The number of nitrogens with zero attached hydrogens (tertiary/aromatic N) is 1. The number of rotatable bonds is 2. The van der Waals surface area contributed by atoms with Crippen molar-refractivity contribution in [3.8, 4) is 11.5 Å². The van der Waals surface area contributed by atoms with Crippen LogP contribution in [-0.2, 0) is 0 Å². The molecule has 1 aromatic carbocycles. The van der Waals surface area contributed by atoms with Gasteiger partial charge in [0.05, 0.1) is 25.3 Å². The van der Waals surface area contributed by atoms with Crippen molar-refractivity contribution >= 4 is 28.7 Å². The van der Waals surface area contributed by atoms with Gasteiger partial charge in [0, 0.05) is 0 Å². The van der Waals surface area contributed by atoms with Crippen LogP contribution in [0.15, 0.2) is 24.4 Å². The Morgan fingerprint density at radius 3 is 3.05 bits per heavy atom. The van der Waals surface area contributed by atoms with Crippen molar-refractivity contribution in [3.05, 3.63) is 39.3 Å². The van der Waals surface area contributed by atoms with Crippen molar-refractivity contribution in [2.45, 2.75) is 12.5 Å². The van der Waals surface area contributed by atoms with E-state index in [-0.39, 0.29) is 18.3 Å². The molecule has 0 amide bonds. The van der Waals surface area contributed by atoms with Crippen molar-refractivity contribution in [2.75, 3.05) is 7.11 Å². The molecule has 0 N–H and O–H groups in total. The van der Waals surface area contributed by atoms with E-state index in [4.69, 9.17) is 21.1 Å². The second-order valence-corrected chi connectivity index (χ2v) is 5.79. The maximum atomic E-state index is 12.2. The number of hydrogen-bond donors (Lipinski definition) is 0. The number of fused-ring (bicyclic) bond motifs is 1. The minimum absolute atomic E-state index is 0.0245. The lowest BCUT2D eigenvalue weighted by atomic mass is 10.0. The highest BCUT2D eigenvalue weighted by Gasteiger charge is 2.29. The number of methoxy groups -OCH3 is 1. The largest absolute Gasteiger partial charge is 0.497 e. The Balaban J connectivity index is 1.94. The molecule has 0 bridgehead atoms. The average molecular weight is 296 g/mol. The molecule has 1 atom stereocenters.